The van der Waals surface area contributed by atoms with Crippen molar-refractivity contribution in [1.29, 1.82) is 0 Å². The number of nitrogens with zero attached hydrogens (tertiary/aromatic N) is 1. The molecule has 0 aliphatic heterocycles. The summed E-state index contributed by atoms with van der Waals surface area (Å²) >= 11 is 0. The van der Waals surface area contributed by atoms with Crippen LogP contribution in [0.25, 0.3) is 6.08 Å². The van der Waals surface area contributed by atoms with Crippen molar-refractivity contribution in [1.82, 2.24) is 4.90 Å². The van der Waals surface area contributed by atoms with Crippen LogP contribution < -0.4 is 0 Å². The van der Waals surface area contributed by atoms with E-state index >= 15 is 0 Å². The Bertz CT molecular complexity index is 422. The number of hydrogen-bond donors (Lipinski definition) is 0. The molecule has 0 amide bonds. The molecule has 0 aliphatic carbocycles. The Labute approximate surface area is 147 Å². The first kappa shape index (κ1) is 19.4. The maximum Gasteiger partial charge on any atom is 0.156 e. The van der Waals surface area contributed by atoms with E-state index in [2.05, 4.69) is 13.8 Å². The first-order chi connectivity index (χ1) is 9.26. The van der Waals surface area contributed by atoms with Crippen LogP contribution in [0.1, 0.15) is 12.0 Å². The molecule has 0 atom stereocenters. The minimum absolute atomic E-state index is 0. The summed E-state index contributed by atoms with van der Waals surface area (Å²) in [6.07, 6.45) is 7.77. The van der Waals surface area contributed by atoms with Crippen LogP contribution in [0.4, 0.5) is 0 Å². The molecule has 0 saturated heterocycles. The predicted molar refractivity (Wildman–Crippen MR) is 81.4 cm³/mol. The van der Waals surface area contributed by atoms with Crippen LogP contribution >= 0.6 is 0 Å². The van der Waals surface area contributed by atoms with Gasteiger partial charge in [0.15, 0.2) is 5.78 Å². The summed E-state index contributed by atoms with van der Waals surface area (Å²) in [5.41, 5.74) is 1.12. The summed E-state index contributed by atoms with van der Waals surface area (Å²) < 4.78 is 0. The number of rotatable bonds is 8. The fourth-order valence-electron chi connectivity index (χ4n) is 1.58. The second-order valence-corrected chi connectivity index (χ2v) is 4.19. The van der Waals surface area contributed by atoms with E-state index in [1.807, 2.05) is 47.4 Å². The molecule has 1 rings (SSSR count). The van der Waals surface area contributed by atoms with Crippen molar-refractivity contribution in [3.05, 3.63) is 68.0 Å². The van der Waals surface area contributed by atoms with Gasteiger partial charge in [-0.2, -0.15) is 0 Å². The number of benzene rings is 1. The average Bonchev–Trinajstić information content (AvgIpc) is 2.46. The smallest absolute Gasteiger partial charge is 0.156 e. The molecule has 0 bridgehead atoms. The molecular formula is C17H21NOY-2. The van der Waals surface area contributed by atoms with Crippen molar-refractivity contribution >= 4 is 11.9 Å². The molecule has 0 saturated carbocycles. The van der Waals surface area contributed by atoms with E-state index in [0.29, 0.717) is 19.5 Å². The van der Waals surface area contributed by atoms with Crippen LogP contribution in [-0.2, 0) is 37.5 Å². The quantitative estimate of drug-likeness (QED) is 0.410. The summed E-state index contributed by atoms with van der Waals surface area (Å²) in [6, 6.07) is 9.99. The Morgan fingerprint density at radius 2 is 1.75 bits per heavy atom. The molecule has 20 heavy (non-hydrogen) atoms. The molecule has 0 aromatic heterocycles. The zero-order valence-electron chi connectivity index (χ0n) is 11.9. The zero-order chi connectivity index (χ0) is 13.9. The van der Waals surface area contributed by atoms with Gasteiger partial charge in [0, 0.05) is 39.1 Å². The number of carbonyl (C=O) groups is 1. The Balaban J connectivity index is 0.00000361. The fourth-order valence-corrected chi connectivity index (χ4v) is 1.58. The van der Waals surface area contributed by atoms with Crippen LogP contribution in [0, 0.1) is 13.8 Å². The molecule has 1 aromatic carbocycles. The minimum atomic E-state index is 0. The van der Waals surface area contributed by atoms with Gasteiger partial charge in [0.1, 0.15) is 0 Å². The van der Waals surface area contributed by atoms with Crippen LogP contribution in [0.15, 0.2) is 48.6 Å². The summed E-state index contributed by atoms with van der Waals surface area (Å²) in [5, 5.41) is 0. The van der Waals surface area contributed by atoms with E-state index in [4.69, 9.17) is 0 Å². The molecule has 1 radical (unpaired) electrons. The number of hydrogen-bond acceptors (Lipinski definition) is 2. The second kappa shape index (κ2) is 12.2. The third kappa shape index (κ3) is 8.57. The van der Waals surface area contributed by atoms with Gasteiger partial charge in [0.2, 0.25) is 0 Å². The molecule has 2 nitrogen and oxygen atoms in total. The first-order valence-corrected chi connectivity index (χ1v) is 6.49. The predicted octanol–water partition coefficient (Wildman–Crippen LogP) is 3.18. The van der Waals surface area contributed by atoms with Crippen LogP contribution in [-0.4, -0.2) is 30.3 Å². The van der Waals surface area contributed by atoms with E-state index in [9.17, 15) is 4.79 Å². The third-order valence-corrected chi connectivity index (χ3v) is 2.79. The average molecular weight is 344 g/mol. The Morgan fingerprint density at radius 3 is 2.35 bits per heavy atom. The van der Waals surface area contributed by atoms with Crippen LogP contribution in [0.5, 0.6) is 0 Å². The molecule has 0 spiro atoms. The molecule has 3 heteroatoms. The van der Waals surface area contributed by atoms with Gasteiger partial charge in [-0.25, -0.2) is 0 Å². The molecule has 0 N–H and O–H groups in total. The maximum absolute atomic E-state index is 11.6. The molecule has 0 heterocycles. The molecule has 0 unspecified atom stereocenters. The fraction of sp³-hybridized carbons (Fsp3) is 0.235. The third-order valence-electron chi connectivity index (χ3n) is 2.79. The minimum Gasteiger partial charge on any atom is -0.362 e. The van der Waals surface area contributed by atoms with E-state index in [0.717, 1.165) is 12.1 Å². The van der Waals surface area contributed by atoms with Crippen LogP contribution in [0.3, 0.4) is 0 Å². The van der Waals surface area contributed by atoms with Crippen molar-refractivity contribution in [3.63, 3.8) is 0 Å². The topological polar surface area (TPSA) is 20.3 Å². The van der Waals surface area contributed by atoms with Gasteiger partial charge in [0.05, 0.1) is 0 Å². The Kier molecular flexibility index (Phi) is 11.9. The number of ketones is 1. The van der Waals surface area contributed by atoms with Gasteiger partial charge in [-0.1, -0.05) is 48.6 Å². The standard InChI is InChI=1S/C17H21NO.Y/c1-3-18(4-2)15-14-17(19)13-9-8-12-16-10-6-5-7-11-16;/h5-13H,1-4,14-15H2;/q-2;/b12-8+,13-9+;. The molecule has 105 valence electrons. The van der Waals surface area contributed by atoms with E-state index in [1.54, 1.807) is 12.2 Å². The Hall–Kier alpha value is -0.566. The molecule has 0 fully saturated rings. The van der Waals surface area contributed by atoms with E-state index in [-0.39, 0.29) is 38.5 Å². The molecule has 0 aliphatic rings. The van der Waals surface area contributed by atoms with Gasteiger partial charge >= 0.3 is 0 Å². The molecule has 1 aromatic rings. The summed E-state index contributed by atoms with van der Waals surface area (Å²) in [7, 11) is 0. The first-order valence-electron chi connectivity index (χ1n) is 6.49. The van der Waals surface area contributed by atoms with Crippen molar-refractivity contribution < 1.29 is 37.5 Å². The van der Waals surface area contributed by atoms with E-state index < -0.39 is 0 Å². The van der Waals surface area contributed by atoms with Crippen molar-refractivity contribution in [2.45, 2.75) is 6.42 Å². The molecular weight excluding hydrogens is 323 g/mol. The van der Waals surface area contributed by atoms with Crippen LogP contribution in [0.2, 0.25) is 0 Å². The zero-order valence-corrected chi connectivity index (χ0v) is 14.7. The van der Waals surface area contributed by atoms with E-state index in [1.165, 1.54) is 0 Å². The van der Waals surface area contributed by atoms with Gasteiger partial charge in [-0.15, -0.1) is 13.1 Å². The Morgan fingerprint density at radius 1 is 1.10 bits per heavy atom. The summed E-state index contributed by atoms with van der Waals surface area (Å²) in [5.74, 6) is 0.129. The van der Waals surface area contributed by atoms with Gasteiger partial charge in [-0.3, -0.25) is 4.79 Å². The maximum atomic E-state index is 11.6. The summed E-state index contributed by atoms with van der Waals surface area (Å²) in [4.78, 5) is 13.6. The monoisotopic (exact) mass is 344 g/mol. The largest absolute Gasteiger partial charge is 0.362 e. The van der Waals surface area contributed by atoms with Crippen molar-refractivity contribution in [2.24, 2.45) is 0 Å². The van der Waals surface area contributed by atoms with Crippen molar-refractivity contribution in [2.75, 3.05) is 19.6 Å². The number of carbonyl (C=O) groups excluding carboxylic acids is 1. The van der Waals surface area contributed by atoms with Crippen molar-refractivity contribution in [3.8, 4) is 0 Å². The van der Waals surface area contributed by atoms with Gasteiger partial charge in [-0.05, 0) is 18.2 Å². The summed E-state index contributed by atoms with van der Waals surface area (Å²) in [6.45, 7) is 9.68. The number of allylic oxidation sites excluding steroid dienone is 3. The SMILES string of the molecule is [CH2-]CN(C[CH2-])CCC(=O)/C=C/C=C/c1ccccc1.[Y]. The van der Waals surface area contributed by atoms with Gasteiger partial charge in [0.25, 0.3) is 0 Å². The van der Waals surface area contributed by atoms with Gasteiger partial charge < -0.3 is 18.7 Å². The second-order valence-electron chi connectivity index (χ2n) is 4.19. The normalized spacial score (nSPS) is 11.2.